The Kier molecular flexibility index (Phi) is 3.26. The summed E-state index contributed by atoms with van der Waals surface area (Å²) >= 11 is 6.07. The molecule has 2 heterocycles. The number of nitrogens with zero attached hydrogens (tertiary/aromatic N) is 2. The minimum absolute atomic E-state index is 0.114. The average molecular weight is 301 g/mol. The minimum Gasteiger partial charge on any atom is -0.274 e. The van der Waals surface area contributed by atoms with Crippen molar-refractivity contribution in [1.82, 2.24) is 4.98 Å². The van der Waals surface area contributed by atoms with Gasteiger partial charge in [-0.1, -0.05) is 41.9 Å². The molecule has 21 heavy (non-hydrogen) atoms. The third kappa shape index (κ3) is 2.12. The van der Waals surface area contributed by atoms with E-state index in [9.17, 15) is 9.59 Å². The summed E-state index contributed by atoms with van der Waals surface area (Å²) < 4.78 is 0. The van der Waals surface area contributed by atoms with Gasteiger partial charge in [0.05, 0.1) is 10.4 Å². The summed E-state index contributed by atoms with van der Waals surface area (Å²) in [6, 6.07) is 12.6. The number of anilines is 1. The molecule has 1 fully saturated rings. The second-order valence-corrected chi connectivity index (χ2v) is 5.63. The molecule has 1 aromatic heterocycles. The van der Waals surface area contributed by atoms with E-state index in [1.54, 1.807) is 19.1 Å². The lowest BCUT2D eigenvalue weighted by atomic mass is 9.81. The molecular weight excluding hydrogens is 288 g/mol. The Balaban J connectivity index is 2.06. The zero-order valence-corrected chi connectivity index (χ0v) is 12.2. The summed E-state index contributed by atoms with van der Waals surface area (Å²) in [5.74, 6) is -0.375. The normalized spacial score (nSPS) is 21.9. The van der Waals surface area contributed by atoms with Crippen LogP contribution in [-0.4, -0.2) is 16.8 Å². The fourth-order valence-corrected chi connectivity index (χ4v) is 2.81. The van der Waals surface area contributed by atoms with Gasteiger partial charge in [0.15, 0.2) is 5.82 Å². The largest absolute Gasteiger partial charge is 0.274 e. The number of aromatic nitrogens is 1. The third-order valence-electron chi connectivity index (χ3n) is 3.79. The lowest BCUT2D eigenvalue weighted by Gasteiger charge is -2.22. The van der Waals surface area contributed by atoms with Crippen LogP contribution in [0, 0.1) is 0 Å². The van der Waals surface area contributed by atoms with Crippen molar-refractivity contribution in [1.29, 1.82) is 0 Å². The lowest BCUT2D eigenvalue weighted by molar-refractivity contribution is -0.122. The van der Waals surface area contributed by atoms with Gasteiger partial charge in [-0.05, 0) is 24.6 Å². The van der Waals surface area contributed by atoms with Crippen LogP contribution in [0.25, 0.3) is 0 Å². The predicted octanol–water partition coefficient (Wildman–Crippen LogP) is 2.96. The quantitative estimate of drug-likeness (QED) is 0.801. The number of benzene rings is 1. The molecule has 1 unspecified atom stereocenters. The van der Waals surface area contributed by atoms with Gasteiger partial charge in [-0.2, -0.15) is 0 Å². The Bertz CT molecular complexity index is 717. The highest BCUT2D eigenvalue weighted by atomic mass is 35.5. The van der Waals surface area contributed by atoms with Gasteiger partial charge in [-0.25, -0.2) is 9.88 Å². The van der Waals surface area contributed by atoms with Crippen LogP contribution in [0.1, 0.15) is 18.9 Å². The van der Waals surface area contributed by atoms with Crippen molar-refractivity contribution in [3.8, 4) is 0 Å². The van der Waals surface area contributed by atoms with Gasteiger partial charge in [-0.3, -0.25) is 9.59 Å². The Hall–Kier alpha value is -2.20. The van der Waals surface area contributed by atoms with E-state index in [2.05, 4.69) is 4.98 Å². The molecule has 1 aliphatic heterocycles. The standard InChI is InChI=1S/C16H13ClN2O2/c1-16(11-6-3-2-4-7-11)10-13(20)19(15(16)21)14-12(17)8-5-9-18-14/h2-9H,10H2,1H3. The highest BCUT2D eigenvalue weighted by molar-refractivity contribution is 6.35. The number of carbonyl (C=O) groups is 2. The Morgan fingerprint density at radius 3 is 2.52 bits per heavy atom. The van der Waals surface area contributed by atoms with Crippen LogP contribution in [0.15, 0.2) is 48.7 Å². The van der Waals surface area contributed by atoms with Crippen LogP contribution in [0.5, 0.6) is 0 Å². The van der Waals surface area contributed by atoms with E-state index in [0.29, 0.717) is 0 Å². The van der Waals surface area contributed by atoms with E-state index in [-0.39, 0.29) is 29.1 Å². The van der Waals surface area contributed by atoms with Crippen LogP contribution >= 0.6 is 11.6 Å². The van der Waals surface area contributed by atoms with Crippen LogP contribution in [0.2, 0.25) is 5.02 Å². The van der Waals surface area contributed by atoms with Gasteiger partial charge in [-0.15, -0.1) is 0 Å². The lowest BCUT2D eigenvalue weighted by Crippen LogP contribution is -2.37. The van der Waals surface area contributed by atoms with Crippen molar-refractivity contribution in [2.24, 2.45) is 0 Å². The van der Waals surface area contributed by atoms with Crippen LogP contribution in [-0.2, 0) is 15.0 Å². The monoisotopic (exact) mass is 300 g/mol. The fraction of sp³-hybridized carbons (Fsp3) is 0.188. The van der Waals surface area contributed by atoms with E-state index >= 15 is 0 Å². The number of pyridine rings is 1. The number of hydrogen-bond acceptors (Lipinski definition) is 3. The molecule has 3 rings (SSSR count). The van der Waals surface area contributed by atoms with Gasteiger partial charge >= 0.3 is 0 Å². The topological polar surface area (TPSA) is 50.3 Å². The Morgan fingerprint density at radius 1 is 1.14 bits per heavy atom. The molecule has 106 valence electrons. The first-order chi connectivity index (χ1) is 10.0. The second kappa shape index (κ2) is 4.97. The number of rotatable bonds is 2. The molecule has 5 heteroatoms. The van der Waals surface area contributed by atoms with E-state index < -0.39 is 5.41 Å². The smallest absolute Gasteiger partial charge is 0.245 e. The van der Waals surface area contributed by atoms with Crippen LogP contribution in [0.4, 0.5) is 5.82 Å². The fourth-order valence-electron chi connectivity index (χ4n) is 2.60. The zero-order valence-electron chi connectivity index (χ0n) is 11.4. The molecular formula is C16H13ClN2O2. The summed E-state index contributed by atoms with van der Waals surface area (Å²) in [4.78, 5) is 30.3. The summed E-state index contributed by atoms with van der Waals surface area (Å²) in [6.07, 6.45) is 1.63. The highest BCUT2D eigenvalue weighted by Crippen LogP contribution is 2.39. The summed E-state index contributed by atoms with van der Waals surface area (Å²) in [5, 5.41) is 0.288. The molecule has 4 nitrogen and oxygen atoms in total. The molecule has 1 aromatic carbocycles. The first-order valence-electron chi connectivity index (χ1n) is 6.57. The molecule has 1 atom stereocenters. The van der Waals surface area contributed by atoms with Crippen molar-refractivity contribution >= 4 is 29.2 Å². The summed E-state index contributed by atoms with van der Waals surface area (Å²) in [7, 11) is 0. The molecule has 0 spiro atoms. The molecule has 0 bridgehead atoms. The van der Waals surface area contributed by atoms with Gasteiger partial charge in [0.25, 0.3) is 0 Å². The number of imide groups is 1. The average Bonchev–Trinajstić information content (AvgIpc) is 2.72. The molecule has 0 N–H and O–H groups in total. The second-order valence-electron chi connectivity index (χ2n) is 5.22. The molecule has 0 saturated carbocycles. The summed E-state index contributed by atoms with van der Waals surface area (Å²) in [6.45, 7) is 1.78. The molecule has 0 radical (unpaired) electrons. The number of halogens is 1. The van der Waals surface area contributed by atoms with E-state index in [1.165, 1.54) is 6.20 Å². The van der Waals surface area contributed by atoms with Crippen molar-refractivity contribution in [3.63, 3.8) is 0 Å². The number of carbonyl (C=O) groups excluding carboxylic acids is 2. The predicted molar refractivity (Wildman–Crippen MR) is 80.2 cm³/mol. The van der Waals surface area contributed by atoms with Crippen molar-refractivity contribution in [2.75, 3.05) is 4.90 Å². The van der Waals surface area contributed by atoms with E-state index in [0.717, 1.165) is 10.5 Å². The molecule has 1 saturated heterocycles. The number of hydrogen-bond donors (Lipinski definition) is 0. The SMILES string of the molecule is CC1(c2ccccc2)CC(=O)N(c2ncccc2Cl)C1=O. The third-order valence-corrected chi connectivity index (χ3v) is 4.09. The van der Waals surface area contributed by atoms with Gasteiger partial charge < -0.3 is 0 Å². The van der Waals surface area contributed by atoms with Gasteiger partial charge in [0, 0.05) is 12.6 Å². The molecule has 1 aliphatic rings. The van der Waals surface area contributed by atoms with Crippen molar-refractivity contribution in [3.05, 3.63) is 59.2 Å². The maximum Gasteiger partial charge on any atom is 0.245 e. The molecule has 2 aromatic rings. The van der Waals surface area contributed by atoms with E-state index in [1.807, 2.05) is 30.3 Å². The minimum atomic E-state index is -0.876. The first kappa shape index (κ1) is 13.8. The van der Waals surface area contributed by atoms with Crippen LogP contribution < -0.4 is 4.90 Å². The Morgan fingerprint density at radius 2 is 1.86 bits per heavy atom. The zero-order chi connectivity index (χ0) is 15.0. The first-order valence-corrected chi connectivity index (χ1v) is 6.95. The summed E-state index contributed by atoms with van der Waals surface area (Å²) in [5.41, 5.74) is -0.0583. The van der Waals surface area contributed by atoms with Crippen molar-refractivity contribution in [2.45, 2.75) is 18.8 Å². The maximum atomic E-state index is 12.8. The van der Waals surface area contributed by atoms with Crippen molar-refractivity contribution < 1.29 is 9.59 Å². The highest BCUT2D eigenvalue weighted by Gasteiger charge is 2.50. The Labute approximate surface area is 127 Å². The van der Waals surface area contributed by atoms with E-state index in [4.69, 9.17) is 11.6 Å². The molecule has 2 amide bonds. The number of amides is 2. The maximum absolute atomic E-state index is 12.8. The van der Waals surface area contributed by atoms with Gasteiger partial charge in [0.2, 0.25) is 11.8 Å². The van der Waals surface area contributed by atoms with Crippen LogP contribution in [0.3, 0.4) is 0 Å². The van der Waals surface area contributed by atoms with Gasteiger partial charge in [0.1, 0.15) is 0 Å². The molecule has 0 aliphatic carbocycles.